The molecule has 0 radical (unpaired) electrons. The number of hydrogen-bond acceptors (Lipinski definition) is 5. The number of carbonyl (C=O) groups excluding carboxylic acids is 2. The van der Waals surface area contributed by atoms with Crippen molar-refractivity contribution in [2.45, 2.75) is 11.8 Å². The Morgan fingerprint density at radius 2 is 1.84 bits per heavy atom. The lowest BCUT2D eigenvalue weighted by atomic mass is 10.1. The van der Waals surface area contributed by atoms with Gasteiger partial charge in [0.1, 0.15) is 5.75 Å². The van der Waals surface area contributed by atoms with Crippen LogP contribution in [0.4, 0.5) is 5.69 Å². The fraction of sp³-hybridized carbons (Fsp3) is 0.125. The molecule has 0 saturated carbocycles. The Hall–Kier alpha value is -3.96. The molecule has 0 fully saturated rings. The van der Waals surface area contributed by atoms with Gasteiger partial charge < -0.3 is 10.1 Å². The number of ether oxygens (including phenoxy) is 1. The minimum absolute atomic E-state index is 0.171. The van der Waals surface area contributed by atoms with Crippen molar-refractivity contribution >= 4 is 27.2 Å². The highest BCUT2D eigenvalue weighted by Gasteiger charge is 2.13. The van der Waals surface area contributed by atoms with E-state index >= 15 is 0 Å². The van der Waals surface area contributed by atoms with E-state index < -0.39 is 15.6 Å². The Kier molecular flexibility index (Phi) is 7.03. The predicted molar refractivity (Wildman–Crippen MR) is 123 cm³/mol. The average Bonchev–Trinajstić information content (AvgIpc) is 2.77. The molecule has 0 saturated heterocycles. The van der Waals surface area contributed by atoms with Gasteiger partial charge in [0, 0.05) is 41.7 Å². The molecule has 2 amide bonds. The second kappa shape index (κ2) is 9.90. The molecule has 0 bridgehead atoms. The highest BCUT2D eigenvalue weighted by Crippen LogP contribution is 2.19. The van der Waals surface area contributed by atoms with E-state index in [0.29, 0.717) is 27.5 Å². The van der Waals surface area contributed by atoms with Crippen molar-refractivity contribution in [3.63, 3.8) is 0 Å². The number of nitrogens with zero attached hydrogens (tertiary/aromatic N) is 2. The maximum Gasteiger partial charge on any atom is 0.286 e. The van der Waals surface area contributed by atoms with Gasteiger partial charge in [-0.25, -0.2) is 4.21 Å². The van der Waals surface area contributed by atoms with E-state index in [2.05, 4.69) is 26.5 Å². The quantitative estimate of drug-likeness (QED) is 0.615. The van der Waals surface area contributed by atoms with E-state index in [1.807, 2.05) is 18.2 Å². The Morgan fingerprint density at radius 3 is 2.59 bits per heavy atom. The van der Waals surface area contributed by atoms with Crippen LogP contribution in [-0.4, -0.2) is 34.4 Å². The maximum absolute atomic E-state index is 13.1. The lowest BCUT2D eigenvalue weighted by Gasteiger charge is -2.07. The van der Waals surface area contributed by atoms with Crippen molar-refractivity contribution in [2.24, 2.45) is 4.36 Å². The summed E-state index contributed by atoms with van der Waals surface area (Å²) in [5.74, 6) is 5.66. The fourth-order valence-electron chi connectivity index (χ4n) is 2.79. The van der Waals surface area contributed by atoms with Gasteiger partial charge in [0.15, 0.2) is 0 Å². The van der Waals surface area contributed by atoms with Crippen LogP contribution in [0.15, 0.2) is 76.2 Å². The molecule has 3 aromatic rings. The molecule has 1 heterocycles. The van der Waals surface area contributed by atoms with E-state index in [-0.39, 0.29) is 11.5 Å². The van der Waals surface area contributed by atoms with E-state index in [1.165, 1.54) is 31.6 Å². The van der Waals surface area contributed by atoms with Crippen molar-refractivity contribution in [3.8, 4) is 17.6 Å². The number of nitrogens with one attached hydrogen (secondary N) is 1. The number of methoxy groups -OCH3 is 1. The van der Waals surface area contributed by atoms with Crippen molar-refractivity contribution in [2.75, 3.05) is 18.7 Å². The summed E-state index contributed by atoms with van der Waals surface area (Å²) >= 11 is 0. The molecule has 32 heavy (non-hydrogen) atoms. The summed E-state index contributed by atoms with van der Waals surface area (Å²) in [5.41, 5.74) is 1.85. The summed E-state index contributed by atoms with van der Waals surface area (Å²) in [6.45, 7) is 1.38. The number of aromatic nitrogens is 1. The SMILES string of the molecule is COc1ccccc1C#Cc1cncc(C(=O)N=S(C)(=O)c2cccc(NC(C)=O)c2)c1. The summed E-state index contributed by atoms with van der Waals surface area (Å²) in [6.07, 6.45) is 4.25. The lowest BCUT2D eigenvalue weighted by molar-refractivity contribution is -0.114. The van der Waals surface area contributed by atoms with Crippen molar-refractivity contribution in [3.05, 3.63) is 83.7 Å². The van der Waals surface area contributed by atoms with Crippen molar-refractivity contribution in [1.29, 1.82) is 0 Å². The first-order valence-electron chi connectivity index (χ1n) is 9.53. The molecule has 0 aliphatic rings. The third-order valence-electron chi connectivity index (χ3n) is 4.28. The monoisotopic (exact) mass is 447 g/mol. The van der Waals surface area contributed by atoms with Gasteiger partial charge in [0.2, 0.25) is 5.91 Å². The highest BCUT2D eigenvalue weighted by molar-refractivity contribution is 7.93. The zero-order chi connectivity index (χ0) is 23.1. The summed E-state index contributed by atoms with van der Waals surface area (Å²) in [4.78, 5) is 28.3. The van der Waals surface area contributed by atoms with Crippen LogP contribution in [0.1, 0.15) is 28.4 Å². The number of benzene rings is 2. The highest BCUT2D eigenvalue weighted by atomic mass is 32.2. The van der Waals surface area contributed by atoms with E-state index in [4.69, 9.17) is 4.74 Å². The van der Waals surface area contributed by atoms with Crippen LogP contribution >= 0.6 is 0 Å². The van der Waals surface area contributed by atoms with Gasteiger partial charge in [-0.05, 0) is 36.4 Å². The van der Waals surface area contributed by atoms with Crippen LogP contribution in [0.2, 0.25) is 0 Å². The third kappa shape index (κ3) is 5.80. The van der Waals surface area contributed by atoms with Crippen LogP contribution in [-0.2, 0) is 14.5 Å². The Balaban J connectivity index is 1.89. The normalized spacial score (nSPS) is 12.0. The van der Waals surface area contributed by atoms with Crippen LogP contribution in [0.5, 0.6) is 5.75 Å². The van der Waals surface area contributed by atoms with Crippen LogP contribution in [0.3, 0.4) is 0 Å². The van der Waals surface area contributed by atoms with Gasteiger partial charge in [0.25, 0.3) is 5.91 Å². The lowest BCUT2D eigenvalue weighted by Crippen LogP contribution is -2.08. The van der Waals surface area contributed by atoms with Crippen LogP contribution < -0.4 is 10.1 Å². The molecule has 0 spiro atoms. The standard InChI is InChI=1S/C24H21N3O4S/c1-17(28)26-21-8-6-9-22(14-21)32(3,30)27-24(29)20-13-18(15-25-16-20)11-12-19-7-4-5-10-23(19)31-2/h4-10,13-16H,1-3H3,(H,26,28). The smallest absolute Gasteiger partial charge is 0.286 e. The molecule has 0 aliphatic heterocycles. The first-order valence-corrected chi connectivity index (χ1v) is 11.4. The molecule has 1 N–H and O–H groups in total. The van der Waals surface area contributed by atoms with E-state index in [1.54, 1.807) is 37.4 Å². The van der Waals surface area contributed by atoms with E-state index in [0.717, 1.165) is 0 Å². The van der Waals surface area contributed by atoms with Gasteiger partial charge >= 0.3 is 0 Å². The first kappa shape index (κ1) is 22.7. The van der Waals surface area contributed by atoms with Gasteiger partial charge in [-0.15, -0.1) is 0 Å². The third-order valence-corrected chi connectivity index (χ3v) is 5.93. The molecular formula is C24H21N3O4S. The molecule has 0 aliphatic carbocycles. The number of hydrogen-bond donors (Lipinski definition) is 1. The van der Waals surface area contributed by atoms with Gasteiger partial charge in [-0.3, -0.25) is 14.6 Å². The Labute approximate surface area is 187 Å². The summed E-state index contributed by atoms with van der Waals surface area (Å²) in [5, 5.41) is 2.62. The number of anilines is 1. The first-order chi connectivity index (χ1) is 15.3. The zero-order valence-corrected chi connectivity index (χ0v) is 18.6. The number of para-hydroxylation sites is 1. The molecule has 1 aromatic heterocycles. The minimum Gasteiger partial charge on any atom is -0.495 e. The largest absolute Gasteiger partial charge is 0.495 e. The Morgan fingerprint density at radius 1 is 1.06 bits per heavy atom. The van der Waals surface area contributed by atoms with Gasteiger partial charge in [0.05, 0.1) is 28.0 Å². The number of rotatable bonds is 4. The second-order valence-electron chi connectivity index (χ2n) is 6.82. The predicted octanol–water partition coefficient (Wildman–Crippen LogP) is 3.75. The molecule has 7 nitrogen and oxygen atoms in total. The second-order valence-corrected chi connectivity index (χ2v) is 9.08. The average molecular weight is 448 g/mol. The van der Waals surface area contributed by atoms with Gasteiger partial charge in [-0.1, -0.05) is 30.0 Å². The topological polar surface area (TPSA) is 97.7 Å². The zero-order valence-electron chi connectivity index (χ0n) is 17.8. The summed E-state index contributed by atoms with van der Waals surface area (Å²) in [7, 11) is -1.48. The van der Waals surface area contributed by atoms with Gasteiger partial charge in [-0.2, -0.15) is 4.36 Å². The summed E-state index contributed by atoms with van der Waals surface area (Å²) in [6, 6.07) is 15.3. The minimum atomic E-state index is -3.05. The van der Waals surface area contributed by atoms with Crippen molar-refractivity contribution < 1.29 is 18.5 Å². The van der Waals surface area contributed by atoms with Crippen molar-refractivity contribution in [1.82, 2.24) is 4.98 Å². The summed E-state index contributed by atoms with van der Waals surface area (Å²) < 4.78 is 22.3. The fourth-order valence-corrected chi connectivity index (χ4v) is 3.99. The molecule has 2 aromatic carbocycles. The van der Waals surface area contributed by atoms with E-state index in [9.17, 15) is 13.8 Å². The maximum atomic E-state index is 13.1. The van der Waals surface area contributed by atoms with Crippen LogP contribution in [0.25, 0.3) is 0 Å². The van der Waals surface area contributed by atoms with Crippen LogP contribution in [0, 0.1) is 11.8 Å². The number of amides is 2. The molecule has 1 atom stereocenters. The number of pyridine rings is 1. The Bertz CT molecular complexity index is 1360. The molecular weight excluding hydrogens is 426 g/mol. The molecule has 3 rings (SSSR count). The number of carbonyl (C=O) groups is 2. The molecule has 1 unspecified atom stereocenters. The molecule has 8 heteroatoms. The molecule has 162 valence electrons.